The van der Waals surface area contributed by atoms with E-state index in [0.29, 0.717) is 5.56 Å². The second-order valence-electron chi connectivity index (χ2n) is 10.8. The lowest BCUT2D eigenvalue weighted by Gasteiger charge is -2.37. The maximum atomic E-state index is 13.7. The molecule has 188 valence electrons. The number of aliphatic hydroxyl groups excluding tert-OH is 1. The number of aromatic nitrogens is 1. The number of rotatable bonds is 9. The fourth-order valence-corrected chi connectivity index (χ4v) is 4.80. The summed E-state index contributed by atoms with van der Waals surface area (Å²) in [6.07, 6.45) is 4.80. The van der Waals surface area contributed by atoms with Gasteiger partial charge in [0.15, 0.2) is 5.76 Å². The highest BCUT2D eigenvalue weighted by molar-refractivity contribution is 5.73. The third-order valence-electron chi connectivity index (χ3n) is 6.33. The van der Waals surface area contributed by atoms with Crippen LogP contribution in [0.1, 0.15) is 76.8 Å². The minimum Gasteiger partial charge on any atom is -0.390 e. The lowest BCUT2D eigenvalue weighted by molar-refractivity contribution is -0.120. The molecule has 0 spiro atoms. The van der Waals surface area contributed by atoms with Crippen molar-refractivity contribution in [3.63, 3.8) is 0 Å². The van der Waals surface area contributed by atoms with E-state index in [1.807, 2.05) is 6.07 Å². The molecule has 0 radical (unpaired) electrons. The van der Waals surface area contributed by atoms with E-state index in [4.69, 9.17) is 4.52 Å². The molecule has 1 aromatic heterocycles. The van der Waals surface area contributed by atoms with Gasteiger partial charge in [0.25, 0.3) is 0 Å². The van der Waals surface area contributed by atoms with Gasteiger partial charge in [0.1, 0.15) is 11.6 Å². The van der Waals surface area contributed by atoms with Gasteiger partial charge in [-0.1, -0.05) is 45.2 Å². The van der Waals surface area contributed by atoms with Crippen molar-refractivity contribution in [2.75, 3.05) is 6.54 Å². The average molecular weight is 478 g/mol. The van der Waals surface area contributed by atoms with Crippen molar-refractivity contribution in [2.45, 2.75) is 90.3 Å². The van der Waals surface area contributed by atoms with Crippen molar-refractivity contribution >= 4 is 5.91 Å². The summed E-state index contributed by atoms with van der Waals surface area (Å²) in [5.41, 5.74) is 0.900. The molecule has 1 saturated carbocycles. The molecular weight excluding hydrogens is 440 g/mol. The lowest BCUT2D eigenvalue weighted by atomic mass is 9.79. The topological polar surface area (TPSA) is 87.4 Å². The number of benzene rings is 1. The van der Waals surface area contributed by atoms with Crippen LogP contribution in [0.2, 0.25) is 0 Å². The number of carbonyl (C=O) groups is 1. The zero-order chi connectivity index (χ0) is 24.9. The second-order valence-corrected chi connectivity index (χ2v) is 10.8. The number of aliphatic hydroxyl groups is 1. The van der Waals surface area contributed by atoms with Crippen molar-refractivity contribution in [3.8, 4) is 0 Å². The molecule has 1 fully saturated rings. The molecule has 34 heavy (non-hydrogen) atoms. The van der Waals surface area contributed by atoms with E-state index in [0.717, 1.165) is 56.0 Å². The average Bonchev–Trinajstić information content (AvgIpc) is 3.18. The number of nitrogens with one attached hydrogen (secondary N) is 2. The van der Waals surface area contributed by atoms with Gasteiger partial charge in [-0.25, -0.2) is 8.78 Å². The van der Waals surface area contributed by atoms with Gasteiger partial charge in [-0.15, -0.1) is 0 Å². The number of carbonyl (C=O) groups excluding carboxylic acids is 1. The fraction of sp³-hybridized carbons (Fsp3) is 0.615. The van der Waals surface area contributed by atoms with Crippen LogP contribution in [-0.4, -0.2) is 34.9 Å². The van der Waals surface area contributed by atoms with Gasteiger partial charge >= 0.3 is 0 Å². The Hall–Kier alpha value is -2.32. The minimum absolute atomic E-state index is 0.0828. The molecule has 1 aliphatic rings. The Morgan fingerprint density at radius 2 is 1.79 bits per heavy atom. The van der Waals surface area contributed by atoms with Crippen molar-refractivity contribution in [1.82, 2.24) is 15.8 Å². The second kappa shape index (κ2) is 11.0. The first-order chi connectivity index (χ1) is 16.0. The number of hydrogen-bond acceptors (Lipinski definition) is 5. The van der Waals surface area contributed by atoms with E-state index in [1.54, 1.807) is 0 Å². The van der Waals surface area contributed by atoms with E-state index in [1.165, 1.54) is 19.1 Å². The maximum absolute atomic E-state index is 13.7. The fourth-order valence-electron chi connectivity index (χ4n) is 4.80. The van der Waals surface area contributed by atoms with Crippen LogP contribution >= 0.6 is 0 Å². The first-order valence-electron chi connectivity index (χ1n) is 12.1. The van der Waals surface area contributed by atoms with E-state index >= 15 is 0 Å². The standard InChI is InChI=1S/C26H37F2N3O3/c1-17(32)30-22(12-18-10-19(27)13-20(28)11-18)23(33)16-29-26(8-6-5-7-9-26)24-14-21(31-34-24)15-25(2,3)4/h10-11,13-14,22-23,29,33H,5-9,12,15-16H2,1-4H3,(H,30,32)/t22-,23+/m0/s1. The maximum Gasteiger partial charge on any atom is 0.217 e. The van der Waals surface area contributed by atoms with Gasteiger partial charge in [0, 0.05) is 25.6 Å². The molecule has 1 aromatic carbocycles. The normalized spacial score (nSPS) is 17.9. The van der Waals surface area contributed by atoms with E-state index < -0.39 is 29.3 Å². The number of halogens is 2. The molecule has 2 aromatic rings. The first kappa shape index (κ1) is 26.3. The Morgan fingerprint density at radius 1 is 1.15 bits per heavy atom. The summed E-state index contributed by atoms with van der Waals surface area (Å²) in [6, 6.07) is 4.53. The summed E-state index contributed by atoms with van der Waals surface area (Å²) in [4.78, 5) is 11.8. The summed E-state index contributed by atoms with van der Waals surface area (Å²) in [7, 11) is 0. The van der Waals surface area contributed by atoms with Crippen LogP contribution in [0.4, 0.5) is 8.78 Å². The summed E-state index contributed by atoms with van der Waals surface area (Å²) < 4.78 is 33.1. The highest BCUT2D eigenvalue weighted by atomic mass is 19.1. The van der Waals surface area contributed by atoms with E-state index in [2.05, 4.69) is 36.6 Å². The molecule has 0 bridgehead atoms. The molecule has 0 aliphatic heterocycles. The highest BCUT2D eigenvalue weighted by Gasteiger charge is 2.38. The summed E-state index contributed by atoms with van der Waals surface area (Å²) in [6.45, 7) is 7.99. The summed E-state index contributed by atoms with van der Waals surface area (Å²) >= 11 is 0. The molecule has 1 heterocycles. The van der Waals surface area contributed by atoms with Crippen molar-refractivity contribution in [2.24, 2.45) is 5.41 Å². The zero-order valence-corrected chi connectivity index (χ0v) is 20.6. The Balaban J connectivity index is 1.75. The number of amides is 1. The summed E-state index contributed by atoms with van der Waals surface area (Å²) in [5, 5.41) is 21.5. The minimum atomic E-state index is -0.981. The van der Waals surface area contributed by atoms with Gasteiger partial charge in [0.05, 0.1) is 23.4 Å². The van der Waals surface area contributed by atoms with Crippen molar-refractivity contribution < 1.29 is 23.2 Å². The van der Waals surface area contributed by atoms with Crippen LogP contribution in [-0.2, 0) is 23.2 Å². The quantitative estimate of drug-likeness (QED) is 0.498. The third-order valence-corrected chi connectivity index (χ3v) is 6.33. The van der Waals surface area contributed by atoms with Crippen LogP contribution in [0, 0.1) is 17.0 Å². The van der Waals surface area contributed by atoms with Crippen molar-refractivity contribution in [1.29, 1.82) is 0 Å². The lowest BCUT2D eigenvalue weighted by Crippen LogP contribution is -2.53. The Bertz CT molecular complexity index is 944. The third kappa shape index (κ3) is 7.34. The smallest absolute Gasteiger partial charge is 0.217 e. The molecule has 2 atom stereocenters. The van der Waals surface area contributed by atoms with Gasteiger partial charge in [-0.05, 0) is 48.8 Å². The zero-order valence-electron chi connectivity index (χ0n) is 20.6. The van der Waals surface area contributed by atoms with Crippen LogP contribution in [0.3, 0.4) is 0 Å². The first-order valence-corrected chi connectivity index (χ1v) is 12.1. The molecule has 1 aliphatic carbocycles. The Labute approximate surface area is 200 Å². The monoisotopic (exact) mass is 477 g/mol. The van der Waals surface area contributed by atoms with Crippen LogP contribution < -0.4 is 10.6 Å². The van der Waals surface area contributed by atoms with Crippen LogP contribution in [0.15, 0.2) is 28.8 Å². The highest BCUT2D eigenvalue weighted by Crippen LogP contribution is 2.38. The number of hydrogen-bond donors (Lipinski definition) is 3. The van der Waals surface area contributed by atoms with Crippen LogP contribution in [0.25, 0.3) is 0 Å². The van der Waals surface area contributed by atoms with Gasteiger partial charge in [0.2, 0.25) is 5.91 Å². The Kier molecular flexibility index (Phi) is 8.47. The molecule has 0 unspecified atom stereocenters. The number of nitrogens with zero attached hydrogens (tertiary/aromatic N) is 1. The molecule has 6 nitrogen and oxygen atoms in total. The largest absolute Gasteiger partial charge is 0.390 e. The summed E-state index contributed by atoms with van der Waals surface area (Å²) in [5.74, 6) is -0.944. The van der Waals surface area contributed by atoms with Gasteiger partial charge in [-0.2, -0.15) is 0 Å². The molecular formula is C26H37F2N3O3. The predicted molar refractivity (Wildman–Crippen MR) is 126 cm³/mol. The SMILES string of the molecule is CC(=O)N[C@@H](Cc1cc(F)cc(F)c1)[C@H](O)CNC1(c2cc(CC(C)(C)C)no2)CCCCC1. The molecule has 3 rings (SSSR count). The molecule has 3 N–H and O–H groups in total. The van der Waals surface area contributed by atoms with Crippen LogP contribution in [0.5, 0.6) is 0 Å². The molecule has 8 heteroatoms. The van der Waals surface area contributed by atoms with Gasteiger partial charge in [-0.3, -0.25) is 4.79 Å². The van der Waals surface area contributed by atoms with Crippen molar-refractivity contribution in [3.05, 3.63) is 52.9 Å². The van der Waals surface area contributed by atoms with E-state index in [9.17, 15) is 18.7 Å². The van der Waals surface area contributed by atoms with E-state index in [-0.39, 0.29) is 24.3 Å². The molecule has 1 amide bonds. The molecule has 0 saturated heterocycles. The Morgan fingerprint density at radius 3 is 2.38 bits per heavy atom. The van der Waals surface area contributed by atoms with Gasteiger partial charge < -0.3 is 20.3 Å². The predicted octanol–water partition coefficient (Wildman–Crippen LogP) is 4.40.